The third-order valence-corrected chi connectivity index (χ3v) is 1.33. The number of aliphatic imine (C=N–C) groups is 1. The van der Waals surface area contributed by atoms with Crippen molar-refractivity contribution in [2.45, 2.75) is 6.92 Å². The molecule has 0 amide bonds. The van der Waals surface area contributed by atoms with Crippen LogP contribution in [0.25, 0.3) is 0 Å². The molecular weight excluding hydrogens is 140 g/mol. The molecule has 0 radical (unpaired) electrons. The Balaban J connectivity index is 2.81. The molecule has 0 aromatic carbocycles. The van der Waals surface area contributed by atoms with Crippen molar-refractivity contribution < 1.29 is 4.74 Å². The maximum atomic E-state index is 5.28. The van der Waals surface area contributed by atoms with E-state index in [9.17, 15) is 0 Å². The number of ether oxygens (including phenoxy) is 1. The molecular formula is C8H12N2O. The largest absolute Gasteiger partial charge is 0.488 e. The lowest BCUT2D eigenvalue weighted by Gasteiger charge is -2.17. The average molecular weight is 152 g/mol. The van der Waals surface area contributed by atoms with Crippen LogP contribution >= 0.6 is 0 Å². The molecule has 0 saturated carbocycles. The molecule has 1 heterocycles. The first-order valence-corrected chi connectivity index (χ1v) is 3.60. The van der Waals surface area contributed by atoms with Crippen LogP contribution in [0.2, 0.25) is 0 Å². The van der Waals surface area contributed by atoms with Gasteiger partial charge in [0.15, 0.2) is 11.6 Å². The molecule has 1 rings (SSSR count). The van der Waals surface area contributed by atoms with Crippen LogP contribution in [0.5, 0.6) is 0 Å². The molecule has 60 valence electrons. The highest BCUT2D eigenvalue weighted by Crippen LogP contribution is 2.09. The van der Waals surface area contributed by atoms with E-state index in [1.54, 1.807) is 12.3 Å². The van der Waals surface area contributed by atoms with Crippen LogP contribution in [0.3, 0.4) is 0 Å². The van der Waals surface area contributed by atoms with Gasteiger partial charge in [0.05, 0.1) is 6.54 Å². The van der Waals surface area contributed by atoms with Gasteiger partial charge in [-0.25, -0.2) is 4.99 Å². The fourth-order valence-corrected chi connectivity index (χ4v) is 0.880. The van der Waals surface area contributed by atoms with Gasteiger partial charge in [0.25, 0.3) is 0 Å². The van der Waals surface area contributed by atoms with Gasteiger partial charge in [0, 0.05) is 6.21 Å². The highest BCUT2D eigenvalue weighted by molar-refractivity contribution is 5.55. The normalized spacial score (nSPS) is 17.9. The zero-order valence-corrected chi connectivity index (χ0v) is 6.63. The molecule has 0 aromatic rings. The standard InChI is InChI=1S/C8H12N2O/c1-3-7-8(9-4-2)10-5-6-11-7/h3-4,10H,1,5-6H2,2H3. The van der Waals surface area contributed by atoms with Crippen LogP contribution in [0.1, 0.15) is 6.92 Å². The number of rotatable bonds is 2. The SMILES string of the molecule is C=CC1=C(N=CC)NCCO1. The predicted molar refractivity (Wildman–Crippen MR) is 45.3 cm³/mol. The molecule has 0 aliphatic carbocycles. The molecule has 0 bridgehead atoms. The van der Waals surface area contributed by atoms with E-state index in [-0.39, 0.29) is 0 Å². The summed E-state index contributed by atoms with van der Waals surface area (Å²) in [7, 11) is 0. The predicted octanol–water partition coefficient (Wildman–Crippen LogP) is 1.05. The second-order valence-corrected chi connectivity index (χ2v) is 2.08. The van der Waals surface area contributed by atoms with E-state index >= 15 is 0 Å². The van der Waals surface area contributed by atoms with Gasteiger partial charge >= 0.3 is 0 Å². The lowest BCUT2D eigenvalue weighted by Crippen LogP contribution is -2.25. The smallest absolute Gasteiger partial charge is 0.168 e. The first-order chi connectivity index (χ1) is 5.38. The second kappa shape index (κ2) is 3.81. The Labute approximate surface area is 66.5 Å². The Bertz CT molecular complexity index is 206. The maximum Gasteiger partial charge on any atom is 0.168 e. The summed E-state index contributed by atoms with van der Waals surface area (Å²) in [6.07, 6.45) is 3.38. The third kappa shape index (κ3) is 1.83. The van der Waals surface area contributed by atoms with E-state index in [0.29, 0.717) is 6.61 Å². The van der Waals surface area contributed by atoms with Gasteiger partial charge in [0.2, 0.25) is 0 Å². The van der Waals surface area contributed by atoms with Gasteiger partial charge in [-0.15, -0.1) is 0 Å². The minimum atomic E-state index is 0.685. The van der Waals surface area contributed by atoms with Crippen molar-refractivity contribution in [1.82, 2.24) is 5.32 Å². The van der Waals surface area contributed by atoms with Crippen molar-refractivity contribution in [2.75, 3.05) is 13.2 Å². The summed E-state index contributed by atoms with van der Waals surface area (Å²) in [6, 6.07) is 0. The number of allylic oxidation sites excluding steroid dienone is 1. The topological polar surface area (TPSA) is 33.6 Å². The fraction of sp³-hybridized carbons (Fsp3) is 0.375. The highest BCUT2D eigenvalue weighted by Gasteiger charge is 2.07. The van der Waals surface area contributed by atoms with Gasteiger partial charge < -0.3 is 10.1 Å². The summed E-state index contributed by atoms with van der Waals surface area (Å²) in [5, 5.41) is 3.11. The van der Waals surface area contributed by atoms with Crippen molar-refractivity contribution in [2.24, 2.45) is 4.99 Å². The lowest BCUT2D eigenvalue weighted by atomic mass is 10.4. The summed E-state index contributed by atoms with van der Waals surface area (Å²) in [5.74, 6) is 1.50. The summed E-state index contributed by atoms with van der Waals surface area (Å²) in [6.45, 7) is 6.98. The number of hydrogen-bond acceptors (Lipinski definition) is 3. The number of hydrogen-bond donors (Lipinski definition) is 1. The first-order valence-electron chi connectivity index (χ1n) is 3.60. The van der Waals surface area contributed by atoms with Crippen LogP contribution in [-0.4, -0.2) is 19.4 Å². The Morgan fingerprint density at radius 3 is 3.18 bits per heavy atom. The average Bonchev–Trinajstić information content (AvgIpc) is 2.06. The first kappa shape index (κ1) is 7.85. The summed E-state index contributed by atoms with van der Waals surface area (Å²) < 4.78 is 5.28. The Kier molecular flexibility index (Phi) is 2.72. The minimum Gasteiger partial charge on any atom is -0.488 e. The molecule has 3 heteroatoms. The molecule has 0 atom stereocenters. The van der Waals surface area contributed by atoms with Crippen LogP contribution in [-0.2, 0) is 4.74 Å². The van der Waals surface area contributed by atoms with E-state index in [0.717, 1.165) is 18.1 Å². The monoisotopic (exact) mass is 152 g/mol. The Morgan fingerprint density at radius 1 is 1.73 bits per heavy atom. The van der Waals surface area contributed by atoms with Crippen molar-refractivity contribution in [3.63, 3.8) is 0 Å². The summed E-state index contributed by atoms with van der Waals surface area (Å²) in [4.78, 5) is 4.08. The van der Waals surface area contributed by atoms with Crippen LogP contribution in [0.4, 0.5) is 0 Å². The summed E-state index contributed by atoms with van der Waals surface area (Å²) in [5.41, 5.74) is 0. The van der Waals surface area contributed by atoms with E-state index in [2.05, 4.69) is 16.9 Å². The van der Waals surface area contributed by atoms with Crippen molar-refractivity contribution >= 4 is 6.21 Å². The quantitative estimate of drug-likeness (QED) is 0.600. The molecule has 0 unspecified atom stereocenters. The van der Waals surface area contributed by atoms with Gasteiger partial charge in [-0.3, -0.25) is 0 Å². The highest BCUT2D eigenvalue weighted by atomic mass is 16.5. The molecule has 3 nitrogen and oxygen atoms in total. The number of nitrogens with zero attached hydrogens (tertiary/aromatic N) is 1. The van der Waals surface area contributed by atoms with Gasteiger partial charge in [-0.2, -0.15) is 0 Å². The zero-order chi connectivity index (χ0) is 8.10. The molecule has 1 N–H and O–H groups in total. The van der Waals surface area contributed by atoms with Crippen LogP contribution in [0, 0.1) is 0 Å². The van der Waals surface area contributed by atoms with E-state index < -0.39 is 0 Å². The van der Waals surface area contributed by atoms with E-state index in [1.807, 2.05) is 6.92 Å². The van der Waals surface area contributed by atoms with Gasteiger partial charge in [-0.05, 0) is 13.0 Å². The maximum absolute atomic E-state index is 5.28. The number of nitrogens with one attached hydrogen (secondary N) is 1. The van der Waals surface area contributed by atoms with Gasteiger partial charge in [0.1, 0.15) is 6.61 Å². The van der Waals surface area contributed by atoms with E-state index in [4.69, 9.17) is 4.74 Å². The lowest BCUT2D eigenvalue weighted by molar-refractivity contribution is 0.203. The molecule has 0 fully saturated rings. The minimum absolute atomic E-state index is 0.685. The molecule has 0 spiro atoms. The fourth-order valence-electron chi connectivity index (χ4n) is 0.880. The van der Waals surface area contributed by atoms with Gasteiger partial charge in [-0.1, -0.05) is 6.58 Å². The van der Waals surface area contributed by atoms with Crippen molar-refractivity contribution in [1.29, 1.82) is 0 Å². The van der Waals surface area contributed by atoms with E-state index in [1.165, 1.54) is 0 Å². The zero-order valence-electron chi connectivity index (χ0n) is 6.63. The van der Waals surface area contributed by atoms with Crippen molar-refractivity contribution in [3.8, 4) is 0 Å². The summed E-state index contributed by atoms with van der Waals surface area (Å²) >= 11 is 0. The van der Waals surface area contributed by atoms with Crippen LogP contribution < -0.4 is 5.32 Å². The molecule has 1 aliphatic rings. The second-order valence-electron chi connectivity index (χ2n) is 2.08. The third-order valence-electron chi connectivity index (χ3n) is 1.33. The Hall–Kier alpha value is -1.25. The molecule has 0 aromatic heterocycles. The Morgan fingerprint density at radius 2 is 2.55 bits per heavy atom. The van der Waals surface area contributed by atoms with Crippen molar-refractivity contribution in [3.05, 3.63) is 24.2 Å². The molecule has 1 aliphatic heterocycles. The molecule has 11 heavy (non-hydrogen) atoms. The molecule has 0 saturated heterocycles. The van der Waals surface area contributed by atoms with Crippen LogP contribution in [0.15, 0.2) is 29.2 Å².